The van der Waals surface area contributed by atoms with Crippen LogP contribution in [0, 0.1) is 0 Å². The van der Waals surface area contributed by atoms with E-state index in [0.717, 1.165) is 54.5 Å². The molecule has 0 saturated carbocycles. The zero-order valence-corrected chi connectivity index (χ0v) is 21.1. The van der Waals surface area contributed by atoms with Crippen LogP contribution in [0.3, 0.4) is 0 Å². The first-order valence-corrected chi connectivity index (χ1v) is 14.0. The Balaban J connectivity index is 1.39. The van der Waals surface area contributed by atoms with Gasteiger partial charge < -0.3 is 10.6 Å². The molecular weight excluding hydrogens is 482 g/mol. The molecule has 9 heteroatoms. The predicted molar refractivity (Wildman–Crippen MR) is 138 cm³/mol. The lowest BCUT2D eigenvalue weighted by atomic mass is 9.95. The number of carbonyl (C=O) groups is 2. The van der Waals surface area contributed by atoms with Crippen molar-refractivity contribution >= 4 is 43.9 Å². The fourth-order valence-electron chi connectivity index (χ4n) is 4.85. The summed E-state index contributed by atoms with van der Waals surface area (Å²) < 4.78 is 28.2. The van der Waals surface area contributed by atoms with Crippen LogP contribution in [0.5, 0.6) is 0 Å². The van der Waals surface area contributed by atoms with Gasteiger partial charge in [-0.25, -0.2) is 8.42 Å². The third-order valence-corrected chi connectivity index (χ3v) is 9.66. The van der Waals surface area contributed by atoms with E-state index >= 15 is 0 Å². The number of nitrogens with one attached hydrogen (secondary N) is 2. The third kappa shape index (κ3) is 4.34. The number of rotatable bonds is 5. The molecule has 0 saturated heterocycles. The van der Waals surface area contributed by atoms with E-state index in [4.69, 9.17) is 0 Å². The minimum absolute atomic E-state index is 0.142. The van der Waals surface area contributed by atoms with Gasteiger partial charge in [-0.05, 0) is 80.0 Å². The van der Waals surface area contributed by atoms with Gasteiger partial charge in [-0.2, -0.15) is 0 Å². The lowest BCUT2D eigenvalue weighted by Gasteiger charge is -2.30. The normalized spacial score (nSPS) is 15.2. The van der Waals surface area contributed by atoms with Crippen LogP contribution in [-0.2, 0) is 29.3 Å². The molecule has 0 unspecified atom stereocenters. The fraction of sp³-hybridized carbons (Fsp3) is 0.308. The van der Waals surface area contributed by atoms with Crippen molar-refractivity contribution in [2.75, 3.05) is 23.2 Å². The SMILES string of the molecule is CNC(=O)c1c(NC(=O)c2ccc(S(=O)(=O)N3CCCc4ccccc43)cc2)sc2c1CCCC2. The zero-order valence-electron chi connectivity index (χ0n) is 19.5. The van der Waals surface area contributed by atoms with E-state index in [1.54, 1.807) is 7.05 Å². The van der Waals surface area contributed by atoms with Crippen LogP contribution in [0.25, 0.3) is 0 Å². The number of amides is 2. The van der Waals surface area contributed by atoms with E-state index in [2.05, 4.69) is 10.6 Å². The number of carbonyl (C=O) groups excluding carboxylic acids is 2. The van der Waals surface area contributed by atoms with Crippen molar-refractivity contribution in [2.24, 2.45) is 0 Å². The van der Waals surface area contributed by atoms with Gasteiger partial charge in [0.25, 0.3) is 21.8 Å². The number of hydrogen-bond acceptors (Lipinski definition) is 5. The lowest BCUT2D eigenvalue weighted by Crippen LogP contribution is -2.35. The standard InChI is InChI=1S/C26H27N3O4S2/c1-27-25(31)23-20-9-3-5-11-22(20)34-26(23)28-24(30)18-12-14-19(15-13-18)35(32,33)29-16-6-8-17-7-2-4-10-21(17)29/h2,4,7,10,12-15H,3,5-6,8-9,11,16H2,1H3,(H,27,31)(H,28,30). The Morgan fingerprint density at radius 2 is 1.66 bits per heavy atom. The molecule has 0 spiro atoms. The van der Waals surface area contributed by atoms with E-state index in [1.165, 1.54) is 39.9 Å². The molecule has 3 aromatic rings. The molecule has 0 radical (unpaired) electrons. The number of para-hydroxylation sites is 1. The predicted octanol–water partition coefficient (Wildman–Crippen LogP) is 4.38. The van der Waals surface area contributed by atoms with E-state index in [1.807, 2.05) is 24.3 Å². The van der Waals surface area contributed by atoms with E-state index in [9.17, 15) is 18.0 Å². The van der Waals surface area contributed by atoms with Crippen LogP contribution in [-0.4, -0.2) is 33.8 Å². The highest BCUT2D eigenvalue weighted by molar-refractivity contribution is 7.92. The number of sulfonamides is 1. The minimum atomic E-state index is -3.75. The summed E-state index contributed by atoms with van der Waals surface area (Å²) in [6, 6.07) is 13.5. The summed E-state index contributed by atoms with van der Waals surface area (Å²) in [7, 11) is -2.17. The molecule has 5 rings (SSSR count). The van der Waals surface area contributed by atoms with Crippen molar-refractivity contribution in [3.05, 3.63) is 75.7 Å². The van der Waals surface area contributed by atoms with Gasteiger partial charge in [0.1, 0.15) is 5.00 Å². The number of aryl methyl sites for hydroxylation is 2. The largest absolute Gasteiger partial charge is 0.355 e. The number of thiophene rings is 1. The molecule has 0 fully saturated rings. The van der Waals surface area contributed by atoms with Gasteiger partial charge in [-0.3, -0.25) is 13.9 Å². The number of benzene rings is 2. The molecule has 1 aromatic heterocycles. The van der Waals surface area contributed by atoms with Gasteiger partial charge in [-0.15, -0.1) is 11.3 Å². The first-order valence-electron chi connectivity index (χ1n) is 11.8. The number of fused-ring (bicyclic) bond motifs is 2. The number of hydrogen-bond donors (Lipinski definition) is 2. The summed E-state index contributed by atoms with van der Waals surface area (Å²) in [6.45, 7) is 0.424. The molecule has 0 atom stereocenters. The Morgan fingerprint density at radius 1 is 0.914 bits per heavy atom. The van der Waals surface area contributed by atoms with Crippen LogP contribution >= 0.6 is 11.3 Å². The summed E-state index contributed by atoms with van der Waals surface area (Å²) in [5, 5.41) is 6.12. The second-order valence-corrected chi connectivity index (χ2v) is 11.7. The van der Waals surface area contributed by atoms with Gasteiger partial charge in [0.05, 0.1) is 16.1 Å². The van der Waals surface area contributed by atoms with Crippen molar-refractivity contribution in [3.63, 3.8) is 0 Å². The van der Waals surface area contributed by atoms with Gasteiger partial charge >= 0.3 is 0 Å². The topological polar surface area (TPSA) is 95.6 Å². The zero-order chi connectivity index (χ0) is 24.6. The summed E-state index contributed by atoms with van der Waals surface area (Å²) in [5.41, 5.74) is 3.63. The van der Waals surface area contributed by atoms with Crippen LogP contribution in [0.2, 0.25) is 0 Å². The van der Waals surface area contributed by atoms with Crippen LogP contribution in [0.4, 0.5) is 10.7 Å². The number of anilines is 2. The summed E-state index contributed by atoms with van der Waals surface area (Å²) in [5.74, 6) is -0.580. The Morgan fingerprint density at radius 3 is 2.43 bits per heavy atom. The molecule has 2 heterocycles. The maximum Gasteiger partial charge on any atom is 0.264 e. The van der Waals surface area contributed by atoms with Crippen LogP contribution < -0.4 is 14.9 Å². The van der Waals surface area contributed by atoms with Crippen molar-refractivity contribution in [1.29, 1.82) is 0 Å². The summed E-state index contributed by atoms with van der Waals surface area (Å²) >= 11 is 1.45. The van der Waals surface area contributed by atoms with E-state index < -0.39 is 10.0 Å². The number of nitrogens with zero attached hydrogens (tertiary/aromatic N) is 1. The van der Waals surface area contributed by atoms with Gasteiger partial charge in [0.15, 0.2) is 0 Å². The Kier molecular flexibility index (Phi) is 6.37. The summed E-state index contributed by atoms with van der Waals surface area (Å²) in [4.78, 5) is 26.9. The average Bonchev–Trinajstić information content (AvgIpc) is 3.25. The van der Waals surface area contributed by atoms with Crippen LogP contribution in [0.1, 0.15) is 56.0 Å². The minimum Gasteiger partial charge on any atom is -0.355 e. The highest BCUT2D eigenvalue weighted by Gasteiger charge is 2.29. The Hall–Kier alpha value is -3.17. The molecule has 182 valence electrons. The van der Waals surface area contributed by atoms with Crippen molar-refractivity contribution in [2.45, 2.75) is 43.4 Å². The Labute approximate surface area is 209 Å². The smallest absolute Gasteiger partial charge is 0.264 e. The lowest BCUT2D eigenvalue weighted by molar-refractivity contribution is 0.0963. The first kappa shape index (κ1) is 23.6. The molecule has 2 amide bonds. The van der Waals surface area contributed by atoms with Crippen molar-refractivity contribution in [3.8, 4) is 0 Å². The van der Waals surface area contributed by atoms with Crippen molar-refractivity contribution < 1.29 is 18.0 Å². The monoisotopic (exact) mass is 509 g/mol. The first-order chi connectivity index (χ1) is 16.9. The quantitative estimate of drug-likeness (QED) is 0.534. The van der Waals surface area contributed by atoms with E-state index in [-0.39, 0.29) is 16.7 Å². The molecule has 2 aliphatic rings. The van der Waals surface area contributed by atoms with Crippen LogP contribution in [0.15, 0.2) is 53.4 Å². The maximum absolute atomic E-state index is 13.4. The maximum atomic E-state index is 13.4. The van der Waals surface area contributed by atoms with E-state index in [0.29, 0.717) is 28.4 Å². The molecule has 2 N–H and O–H groups in total. The second-order valence-electron chi connectivity index (χ2n) is 8.78. The highest BCUT2D eigenvalue weighted by atomic mass is 32.2. The van der Waals surface area contributed by atoms with Gasteiger partial charge in [-0.1, -0.05) is 18.2 Å². The van der Waals surface area contributed by atoms with Gasteiger partial charge in [0, 0.05) is 24.0 Å². The molecule has 35 heavy (non-hydrogen) atoms. The Bertz CT molecular complexity index is 1390. The fourth-order valence-corrected chi connectivity index (χ4v) is 7.67. The average molecular weight is 510 g/mol. The molecule has 0 bridgehead atoms. The highest BCUT2D eigenvalue weighted by Crippen LogP contribution is 2.38. The molecule has 2 aromatic carbocycles. The molecule has 1 aliphatic heterocycles. The third-order valence-electron chi connectivity index (χ3n) is 6.62. The summed E-state index contributed by atoms with van der Waals surface area (Å²) in [6.07, 6.45) is 5.45. The molecular formula is C26H27N3O4S2. The van der Waals surface area contributed by atoms with Crippen molar-refractivity contribution in [1.82, 2.24) is 5.32 Å². The second kappa shape index (κ2) is 9.47. The molecule has 7 nitrogen and oxygen atoms in total. The molecule has 1 aliphatic carbocycles. The van der Waals surface area contributed by atoms with Gasteiger partial charge in [0.2, 0.25) is 0 Å².